The molecule has 4 heterocycles. The summed E-state index contributed by atoms with van der Waals surface area (Å²) < 4.78 is 7.76. The highest BCUT2D eigenvalue weighted by Gasteiger charge is 2.59. The van der Waals surface area contributed by atoms with E-state index in [0.29, 0.717) is 0 Å². The van der Waals surface area contributed by atoms with Crippen molar-refractivity contribution in [2.45, 2.75) is 231 Å². The van der Waals surface area contributed by atoms with E-state index in [1.165, 1.54) is 143 Å². The second-order valence-corrected chi connectivity index (χ2v) is 33.2. The van der Waals surface area contributed by atoms with Crippen molar-refractivity contribution in [2.24, 2.45) is 0 Å². The van der Waals surface area contributed by atoms with Crippen LogP contribution in [0.15, 0.2) is 132 Å². The number of hydrogen-bond acceptors (Lipinski definition) is 4. The Hall–Kier alpha value is -6.46. The number of fused-ring (bicyclic) bond motifs is 12. The Balaban J connectivity index is 1.10. The van der Waals surface area contributed by atoms with Crippen LogP contribution in [0.25, 0.3) is 22.1 Å². The molecular weight excluding hydrogens is 1030 g/mol. The number of furan rings is 1. The SMILES string of the molecule is CC(C)(C)c1ccc2oc3c(c2c1)N(c1ccc2c(c1)C(C)(C)CCC2(C)C)c1cc(N2c4ccc(-c5ccccc5)cc4C4(C)CCCCC24C)cc2c1B3c1cc3c(cc1N2c1ccc2c(c1)C(C)(C)CCC2(C)C)C(C)(C)CCC3(C)C. The average molecular weight is 1120 g/mol. The van der Waals surface area contributed by atoms with Gasteiger partial charge in [0.25, 0.3) is 6.71 Å². The van der Waals surface area contributed by atoms with Crippen LogP contribution in [0.3, 0.4) is 0 Å². The van der Waals surface area contributed by atoms with Gasteiger partial charge in [-0.1, -0.05) is 184 Å². The van der Waals surface area contributed by atoms with Gasteiger partial charge in [-0.05, 0) is 229 Å². The molecule has 85 heavy (non-hydrogen) atoms. The lowest BCUT2D eigenvalue weighted by atomic mass is 9.35. The van der Waals surface area contributed by atoms with Crippen molar-refractivity contribution in [3.63, 3.8) is 0 Å². The first-order valence-electron chi connectivity index (χ1n) is 32.8. The van der Waals surface area contributed by atoms with Crippen LogP contribution in [0.4, 0.5) is 45.5 Å². The molecule has 436 valence electrons. The minimum atomic E-state index is -0.202. The molecule has 1 aromatic heterocycles. The van der Waals surface area contributed by atoms with Crippen LogP contribution >= 0.6 is 0 Å². The summed E-state index contributed by atoms with van der Waals surface area (Å²) in [6.07, 6.45) is 11.6. The third-order valence-electron chi connectivity index (χ3n) is 24.1. The van der Waals surface area contributed by atoms with Crippen molar-refractivity contribution in [1.82, 2.24) is 0 Å². The molecule has 1 saturated carbocycles. The Labute approximate surface area is 509 Å². The fourth-order valence-electron chi connectivity index (χ4n) is 18.0. The fourth-order valence-corrected chi connectivity index (χ4v) is 18.0. The number of rotatable bonds is 4. The third kappa shape index (κ3) is 7.78. The maximum Gasteiger partial charge on any atom is 0.297 e. The van der Waals surface area contributed by atoms with Gasteiger partial charge >= 0.3 is 0 Å². The molecule has 2 atom stereocenters. The average Bonchev–Trinajstić information content (AvgIpc) is 1.73. The molecular formula is C80H92BN3O. The van der Waals surface area contributed by atoms with E-state index < -0.39 is 0 Å². The monoisotopic (exact) mass is 1120 g/mol. The molecule has 0 saturated heterocycles. The predicted octanol–water partition coefficient (Wildman–Crippen LogP) is 20.3. The summed E-state index contributed by atoms with van der Waals surface area (Å²) in [6.45, 7) is 42.0. The van der Waals surface area contributed by atoms with Crippen LogP contribution in [0.2, 0.25) is 0 Å². The zero-order valence-corrected chi connectivity index (χ0v) is 54.5. The van der Waals surface area contributed by atoms with Crippen molar-refractivity contribution in [2.75, 3.05) is 14.7 Å². The lowest BCUT2D eigenvalue weighted by Gasteiger charge is -2.51. The lowest BCUT2D eigenvalue weighted by molar-refractivity contribution is 0.195. The van der Waals surface area contributed by atoms with Gasteiger partial charge in [-0.3, -0.25) is 0 Å². The van der Waals surface area contributed by atoms with Crippen molar-refractivity contribution in [1.29, 1.82) is 0 Å². The highest BCUT2D eigenvalue weighted by atomic mass is 16.3. The van der Waals surface area contributed by atoms with Crippen LogP contribution in [-0.4, -0.2) is 12.3 Å². The van der Waals surface area contributed by atoms with Gasteiger partial charge in [0.05, 0.1) is 16.9 Å². The van der Waals surface area contributed by atoms with Gasteiger partial charge in [-0.25, -0.2) is 0 Å². The summed E-state index contributed by atoms with van der Waals surface area (Å²) >= 11 is 0. The Morgan fingerprint density at radius 1 is 0.412 bits per heavy atom. The first-order chi connectivity index (χ1) is 39.9. The standard InChI is InChI=1S/C80H92BN3O/c1-72(2,3)51-26-32-68-55(42-51)70-71(85-68)81-63-47-60-61(78(14,15)40-39-77(60,12)13)48-65(63)82(52-27-29-56-58(43-52)75(8,9)37-35-73(56,4)5)66-45-54(46-67(69(66)81)83(70)53-28-30-57-59(44-53)76(10,11)38-36-74(57,6)7)84-64-31-25-50(49-23-19-18-20-24-49)41-62(64)79(16)33-21-22-34-80(79,84)17/h18-20,23-32,41-48H,21-22,33-40H2,1-17H3. The van der Waals surface area contributed by atoms with E-state index in [9.17, 15) is 0 Å². The topological polar surface area (TPSA) is 22.9 Å². The molecule has 5 heteroatoms. The number of benzene rings is 7. The van der Waals surface area contributed by atoms with Crippen LogP contribution < -0.4 is 31.3 Å². The van der Waals surface area contributed by atoms with Crippen LogP contribution in [0, 0.1) is 0 Å². The highest BCUT2D eigenvalue weighted by Crippen LogP contribution is 2.63. The summed E-state index contributed by atoms with van der Waals surface area (Å²) in [6, 6.07) is 51.7. The molecule has 1 fully saturated rings. The van der Waals surface area contributed by atoms with Gasteiger partial charge in [-0.15, -0.1) is 0 Å². The maximum atomic E-state index is 7.76. The van der Waals surface area contributed by atoms with Gasteiger partial charge < -0.3 is 19.1 Å². The molecule has 4 nitrogen and oxygen atoms in total. The van der Waals surface area contributed by atoms with Crippen molar-refractivity contribution < 1.29 is 4.42 Å². The summed E-state index contributed by atoms with van der Waals surface area (Å²) in [7, 11) is 0. The quantitative estimate of drug-likeness (QED) is 0.164. The van der Waals surface area contributed by atoms with Crippen LogP contribution in [0.5, 0.6) is 0 Å². The van der Waals surface area contributed by atoms with Crippen LogP contribution in [-0.2, 0) is 43.3 Å². The predicted molar refractivity (Wildman–Crippen MR) is 363 cm³/mol. The maximum absolute atomic E-state index is 7.76. The third-order valence-corrected chi connectivity index (χ3v) is 24.1. The zero-order chi connectivity index (χ0) is 59.7. The molecule has 0 bridgehead atoms. The van der Waals surface area contributed by atoms with Gasteiger partial charge in [0.2, 0.25) is 0 Å². The van der Waals surface area contributed by atoms with Crippen molar-refractivity contribution in [3.05, 3.63) is 172 Å². The van der Waals surface area contributed by atoms with E-state index >= 15 is 0 Å². The normalized spacial score (nSPS) is 23.9. The second kappa shape index (κ2) is 17.6. The largest absolute Gasteiger partial charge is 0.468 e. The van der Waals surface area contributed by atoms with E-state index in [2.05, 4.69) is 260 Å². The molecule has 8 aromatic rings. The molecule has 15 rings (SSSR count). The van der Waals surface area contributed by atoms with Crippen molar-refractivity contribution in [3.8, 4) is 11.1 Å². The van der Waals surface area contributed by atoms with Gasteiger partial charge in [0, 0.05) is 50.6 Å². The second-order valence-electron chi connectivity index (χ2n) is 33.2. The fraction of sp³-hybridized carbons (Fsp3) is 0.450. The summed E-state index contributed by atoms with van der Waals surface area (Å²) in [5.74, 6) is 0. The smallest absolute Gasteiger partial charge is 0.297 e. The van der Waals surface area contributed by atoms with Gasteiger partial charge in [-0.2, -0.15) is 0 Å². The Morgan fingerprint density at radius 2 is 0.941 bits per heavy atom. The summed E-state index contributed by atoms with van der Waals surface area (Å²) in [5.41, 5.74) is 28.8. The van der Waals surface area contributed by atoms with E-state index in [0.717, 1.165) is 49.8 Å². The Morgan fingerprint density at radius 3 is 1.53 bits per heavy atom. The molecule has 7 aliphatic rings. The Kier molecular flexibility index (Phi) is 11.4. The first-order valence-corrected chi connectivity index (χ1v) is 32.8. The number of nitrogens with zero attached hydrogens (tertiary/aromatic N) is 3. The van der Waals surface area contributed by atoms with Crippen molar-refractivity contribution >= 4 is 79.8 Å². The molecule has 4 aliphatic carbocycles. The molecule has 0 N–H and O–H groups in total. The molecule has 7 aromatic carbocycles. The molecule has 0 amide bonds. The summed E-state index contributed by atoms with van der Waals surface area (Å²) in [4.78, 5) is 8.35. The highest BCUT2D eigenvalue weighted by molar-refractivity contribution is 7.00. The number of hydrogen-bond donors (Lipinski definition) is 0. The Bertz CT molecular complexity index is 4140. The van der Waals surface area contributed by atoms with E-state index in [1.807, 2.05) is 0 Å². The summed E-state index contributed by atoms with van der Waals surface area (Å²) in [5, 5.41) is 1.19. The molecule has 0 spiro atoms. The molecule has 0 radical (unpaired) electrons. The van der Waals surface area contributed by atoms with E-state index in [-0.39, 0.29) is 55.6 Å². The van der Waals surface area contributed by atoms with Crippen LogP contribution in [0.1, 0.15) is 226 Å². The molecule has 2 unspecified atom stereocenters. The van der Waals surface area contributed by atoms with Gasteiger partial charge in [0.15, 0.2) is 0 Å². The van der Waals surface area contributed by atoms with Gasteiger partial charge in [0.1, 0.15) is 5.58 Å². The zero-order valence-electron chi connectivity index (χ0n) is 54.5. The minimum Gasteiger partial charge on any atom is -0.468 e. The molecule has 3 aliphatic heterocycles. The number of anilines is 8. The van der Waals surface area contributed by atoms with E-state index in [4.69, 9.17) is 4.42 Å². The minimum absolute atomic E-state index is 0.00323. The first kappa shape index (κ1) is 55.1. The lowest BCUT2D eigenvalue weighted by Crippen LogP contribution is -2.61. The van der Waals surface area contributed by atoms with E-state index in [1.54, 1.807) is 0 Å².